The number of unbranched alkanes of at least 4 members (excludes halogenated alkanes) is 1. The van der Waals surface area contributed by atoms with Crippen LogP contribution < -0.4 is 0 Å². The molecule has 688 valence electrons. The van der Waals surface area contributed by atoms with Crippen molar-refractivity contribution in [3.05, 3.63) is 415 Å². The molecule has 0 spiro atoms. The Labute approximate surface area is 775 Å². The number of benzene rings is 15. The van der Waals surface area contributed by atoms with Gasteiger partial charge in [-0.25, -0.2) is 0 Å². The first kappa shape index (κ1) is 97.9. The molecule has 20 N–H and O–H groups in total. The Kier molecular flexibility index (Phi) is 32.4. The van der Waals surface area contributed by atoms with Gasteiger partial charge in [-0.05, 0) is 159 Å². The molecule has 0 aliphatic heterocycles. The van der Waals surface area contributed by atoms with Crippen molar-refractivity contribution in [1.29, 1.82) is 0 Å². The van der Waals surface area contributed by atoms with E-state index in [2.05, 4.69) is 86.6 Å². The summed E-state index contributed by atoms with van der Waals surface area (Å²) in [5, 5.41) is 200. The second-order valence-electron chi connectivity index (χ2n) is 35.0. The molecule has 0 heterocycles. The van der Waals surface area contributed by atoms with Gasteiger partial charge >= 0.3 is 0 Å². The second kappa shape index (κ2) is 44.1. The van der Waals surface area contributed by atoms with E-state index in [0.29, 0.717) is 67.5 Å². The third-order valence-corrected chi connectivity index (χ3v) is 23.2. The highest BCUT2D eigenvalue weighted by Crippen LogP contribution is 2.50. The molecular formula is C113H116O20. The number of phenols is 20. The molecule has 15 rings (SSSR count). The van der Waals surface area contributed by atoms with Gasteiger partial charge in [0.25, 0.3) is 0 Å². The highest BCUT2D eigenvalue weighted by Gasteiger charge is 2.31. The molecule has 0 radical (unpaired) electrons. The second-order valence-corrected chi connectivity index (χ2v) is 35.0. The molecule has 15 aromatic rings. The molecule has 0 atom stereocenters. The average molecular weight is 1790 g/mol. The summed E-state index contributed by atoms with van der Waals surface area (Å²) in [6.45, 7) is 19.3. The number of hydrogen-bond acceptors (Lipinski definition) is 20. The first-order chi connectivity index (χ1) is 63.4. The summed E-state index contributed by atoms with van der Waals surface area (Å²) in [7, 11) is 0. The van der Waals surface area contributed by atoms with Gasteiger partial charge in [0.1, 0.15) is 115 Å². The van der Waals surface area contributed by atoms with Crippen LogP contribution in [0.2, 0.25) is 0 Å². The standard InChI is InChI=1S/3C23H24O4.2C22H22O4/c1-23(2,3)15-6-4-14(5-7-15)22(18-10-8-16(24)12-20(18)26)19-11-9-17(25)13-21(19)27;1-14(2)11-15-3-5-16(6-4-15)23(19-9-7-17(24)12-21(19)26)20-10-8-18(25)13-22(20)27;1-2-3-4-15-5-7-16(8-6-15)23(19-11-9-17(24)13-21(19)26)20-12-10-18(25)14-22(20)27;1-13(2)14-3-5-15(6-4-14)22(18-9-7-16(23)11-20(18)25)19-10-8-17(24)12-21(19)26;1-2-3-14-4-6-15(7-5-14)22(18-10-8-16(23)12-20(18)25)19-11-9-17(24)13-21(19)26/h4-13,22,24-27H,1-3H3;3-10,12-14,23-27H,11H2,1-2H3;5-14,23-27H,2-4H2,1H3;3-13,22-26H,1-2H3;4-13,22-26H,2-3H2,1H3. The fourth-order valence-corrected chi connectivity index (χ4v) is 16.4. The van der Waals surface area contributed by atoms with Crippen molar-refractivity contribution in [3.8, 4) is 115 Å². The summed E-state index contributed by atoms with van der Waals surface area (Å²) < 4.78 is 0. The molecule has 0 bridgehead atoms. The highest BCUT2D eigenvalue weighted by molar-refractivity contribution is 5.62. The van der Waals surface area contributed by atoms with E-state index in [1.54, 1.807) is 60.7 Å². The van der Waals surface area contributed by atoms with Crippen LogP contribution in [-0.2, 0) is 24.7 Å². The molecule has 15 aromatic carbocycles. The minimum absolute atomic E-state index is 0.00930. The van der Waals surface area contributed by atoms with Crippen molar-refractivity contribution in [2.24, 2.45) is 5.92 Å². The Morgan fingerprint density at radius 2 is 0.383 bits per heavy atom. The van der Waals surface area contributed by atoms with Crippen LogP contribution in [0.5, 0.6) is 115 Å². The van der Waals surface area contributed by atoms with Crippen LogP contribution in [0.1, 0.15) is 228 Å². The van der Waals surface area contributed by atoms with Crippen LogP contribution in [-0.4, -0.2) is 102 Å². The van der Waals surface area contributed by atoms with E-state index in [1.807, 2.05) is 97.1 Å². The van der Waals surface area contributed by atoms with Crippen molar-refractivity contribution in [2.75, 3.05) is 0 Å². The van der Waals surface area contributed by atoms with Crippen LogP contribution in [0.25, 0.3) is 0 Å². The summed E-state index contributed by atoms with van der Waals surface area (Å²) in [6, 6.07) is 84.6. The van der Waals surface area contributed by atoms with Crippen LogP contribution in [0.4, 0.5) is 0 Å². The largest absolute Gasteiger partial charge is 0.508 e. The van der Waals surface area contributed by atoms with Crippen molar-refractivity contribution in [2.45, 2.75) is 142 Å². The summed E-state index contributed by atoms with van der Waals surface area (Å²) in [5.41, 5.74) is 16.1. The first-order valence-electron chi connectivity index (χ1n) is 44.0. The summed E-state index contributed by atoms with van der Waals surface area (Å²) in [6.07, 6.45) is 6.28. The van der Waals surface area contributed by atoms with E-state index >= 15 is 0 Å². The number of rotatable bonds is 23. The predicted octanol–water partition coefficient (Wildman–Crippen LogP) is 24.4. The summed E-state index contributed by atoms with van der Waals surface area (Å²) in [4.78, 5) is 0. The van der Waals surface area contributed by atoms with E-state index in [9.17, 15) is 102 Å². The number of hydrogen-bond donors (Lipinski definition) is 20. The van der Waals surface area contributed by atoms with Gasteiger partial charge in [-0.3, -0.25) is 0 Å². The molecule has 20 heteroatoms. The SMILES string of the molecule is CC(C)(C)c1ccc(C(c2ccc(O)cc2O)c2ccc(O)cc2O)cc1.CC(C)Cc1ccc(C(c2ccc(O)cc2O)c2ccc(O)cc2O)cc1.CC(C)c1ccc(C(c2ccc(O)cc2O)c2ccc(O)cc2O)cc1.CCCCc1ccc(C(c2ccc(O)cc2O)c2ccc(O)cc2O)cc1.CCCc1ccc(C(c2ccc(O)cc2O)c2ccc(O)cc2O)cc1. The van der Waals surface area contributed by atoms with Crippen molar-refractivity contribution in [1.82, 2.24) is 0 Å². The molecule has 20 nitrogen and oxygen atoms in total. The molecule has 0 amide bonds. The lowest BCUT2D eigenvalue weighted by Crippen LogP contribution is -2.11. The Balaban J connectivity index is 0.000000160. The topological polar surface area (TPSA) is 405 Å². The van der Waals surface area contributed by atoms with E-state index in [-0.39, 0.29) is 120 Å². The number of aryl methyl sites for hydroxylation is 2. The zero-order valence-corrected chi connectivity index (χ0v) is 75.6. The zero-order chi connectivity index (χ0) is 96.2. The highest BCUT2D eigenvalue weighted by atomic mass is 16.3. The third kappa shape index (κ3) is 25.3. The summed E-state index contributed by atoms with van der Waals surface area (Å²) in [5.74, 6) is -2.17. The van der Waals surface area contributed by atoms with E-state index in [1.165, 1.54) is 149 Å². The maximum absolute atomic E-state index is 10.4. The maximum atomic E-state index is 10.4. The lowest BCUT2D eigenvalue weighted by atomic mass is 9.81. The Morgan fingerprint density at radius 1 is 0.203 bits per heavy atom. The fraction of sp³-hybridized carbons (Fsp3) is 0.204. The molecular weight excluding hydrogens is 1680 g/mol. The van der Waals surface area contributed by atoms with Crippen LogP contribution in [0.3, 0.4) is 0 Å². The van der Waals surface area contributed by atoms with E-state index in [0.717, 1.165) is 66.3 Å². The van der Waals surface area contributed by atoms with Gasteiger partial charge in [0, 0.05) is 146 Å². The van der Waals surface area contributed by atoms with Crippen LogP contribution in [0, 0.1) is 5.92 Å². The van der Waals surface area contributed by atoms with Crippen LogP contribution >= 0.6 is 0 Å². The van der Waals surface area contributed by atoms with E-state index < -0.39 is 29.6 Å². The third-order valence-electron chi connectivity index (χ3n) is 23.2. The zero-order valence-electron chi connectivity index (χ0n) is 75.6. The molecule has 0 saturated carbocycles. The molecule has 133 heavy (non-hydrogen) atoms. The maximum Gasteiger partial charge on any atom is 0.123 e. The Hall–Kier alpha value is -15.7. The Bertz CT molecular complexity index is 6160. The van der Waals surface area contributed by atoms with Crippen molar-refractivity contribution < 1.29 is 102 Å². The quantitative estimate of drug-likeness (QED) is 0.0264. The minimum atomic E-state index is -0.458. The molecule has 0 aromatic heterocycles. The molecule has 0 unspecified atom stereocenters. The van der Waals surface area contributed by atoms with Gasteiger partial charge in [0.05, 0.1) is 0 Å². The van der Waals surface area contributed by atoms with Gasteiger partial charge in [-0.1, -0.05) is 257 Å². The van der Waals surface area contributed by atoms with Gasteiger partial charge < -0.3 is 102 Å². The lowest BCUT2D eigenvalue weighted by molar-refractivity contribution is 0.438. The van der Waals surface area contributed by atoms with Crippen molar-refractivity contribution in [3.63, 3.8) is 0 Å². The average Bonchev–Trinajstić information content (AvgIpc) is 0.801. The number of phenolic OH excluding ortho intramolecular Hbond substituents is 20. The fourth-order valence-electron chi connectivity index (χ4n) is 16.4. The molecule has 0 saturated heterocycles. The lowest BCUT2D eigenvalue weighted by Gasteiger charge is -2.23. The van der Waals surface area contributed by atoms with E-state index in [4.69, 9.17) is 0 Å². The van der Waals surface area contributed by atoms with Gasteiger partial charge in [-0.2, -0.15) is 0 Å². The monoisotopic (exact) mass is 1790 g/mol. The normalized spacial score (nSPS) is 11.2. The Morgan fingerprint density at radius 3 is 0.556 bits per heavy atom. The van der Waals surface area contributed by atoms with Crippen molar-refractivity contribution >= 4 is 0 Å². The molecule has 0 aliphatic rings. The van der Waals surface area contributed by atoms with Gasteiger partial charge in [0.2, 0.25) is 0 Å². The van der Waals surface area contributed by atoms with Gasteiger partial charge in [0.15, 0.2) is 0 Å². The minimum Gasteiger partial charge on any atom is -0.508 e. The summed E-state index contributed by atoms with van der Waals surface area (Å²) >= 11 is 0. The first-order valence-corrected chi connectivity index (χ1v) is 44.0. The smallest absolute Gasteiger partial charge is 0.123 e. The molecule has 0 aliphatic carbocycles. The van der Waals surface area contributed by atoms with Crippen LogP contribution in [0.15, 0.2) is 303 Å². The van der Waals surface area contributed by atoms with Gasteiger partial charge in [-0.15, -0.1) is 0 Å². The predicted molar refractivity (Wildman–Crippen MR) is 519 cm³/mol. The number of aromatic hydroxyl groups is 20. The molecule has 0 fully saturated rings.